The lowest BCUT2D eigenvalue weighted by molar-refractivity contribution is -0.119. The molecule has 0 amide bonds. The number of morpholine rings is 1. The first-order valence-corrected chi connectivity index (χ1v) is 13.0. The maximum atomic E-state index is 15.1. The minimum absolute atomic E-state index is 0.0262. The Hall–Kier alpha value is -3.23. The van der Waals surface area contributed by atoms with Gasteiger partial charge in [0.25, 0.3) is 0 Å². The van der Waals surface area contributed by atoms with E-state index in [0.29, 0.717) is 41.2 Å². The molecule has 1 aromatic heterocycles. The fraction of sp³-hybridized carbons (Fsp3) is 0.448. The molecule has 7 nitrogen and oxygen atoms in total. The van der Waals surface area contributed by atoms with Gasteiger partial charge in [0, 0.05) is 31.3 Å². The predicted molar refractivity (Wildman–Crippen MR) is 142 cm³/mol. The van der Waals surface area contributed by atoms with Crippen molar-refractivity contribution < 1.29 is 23.4 Å². The van der Waals surface area contributed by atoms with Crippen LogP contribution in [0.4, 0.5) is 4.39 Å². The van der Waals surface area contributed by atoms with Crippen LogP contribution in [0.15, 0.2) is 47.4 Å². The predicted octanol–water partition coefficient (Wildman–Crippen LogP) is 4.68. The Bertz CT molecular complexity index is 1270. The molecule has 0 saturated carbocycles. The van der Waals surface area contributed by atoms with Crippen LogP contribution in [0.1, 0.15) is 32.6 Å². The van der Waals surface area contributed by atoms with Crippen LogP contribution in [0.25, 0.3) is 22.0 Å². The highest BCUT2D eigenvalue weighted by molar-refractivity contribution is 5.90. The molecule has 8 heteroatoms. The first-order valence-electron chi connectivity index (χ1n) is 13.0. The van der Waals surface area contributed by atoms with Gasteiger partial charge in [-0.3, -0.25) is 14.5 Å². The zero-order chi connectivity index (χ0) is 26.2. The Morgan fingerprint density at radius 2 is 1.84 bits per heavy atom. The molecule has 2 aromatic carbocycles. The molecule has 3 aromatic rings. The van der Waals surface area contributed by atoms with Gasteiger partial charge in [0.1, 0.15) is 17.3 Å². The lowest BCUT2D eigenvalue weighted by Crippen LogP contribution is -2.36. The molecule has 1 saturated heterocycles. The number of nitrogens with zero attached hydrogens (tertiary/aromatic N) is 2. The molecule has 0 N–H and O–H groups in total. The van der Waals surface area contributed by atoms with E-state index in [0.717, 1.165) is 52.1 Å². The molecule has 0 spiro atoms. The van der Waals surface area contributed by atoms with Crippen LogP contribution < -0.4 is 14.9 Å². The van der Waals surface area contributed by atoms with Gasteiger partial charge in [-0.15, -0.1) is 0 Å². The van der Waals surface area contributed by atoms with Crippen molar-refractivity contribution in [2.45, 2.75) is 39.2 Å². The van der Waals surface area contributed by atoms with Gasteiger partial charge >= 0.3 is 0 Å². The summed E-state index contributed by atoms with van der Waals surface area (Å²) in [4.78, 5) is 28.9. The molecular formula is C29H35FN2O5. The summed E-state index contributed by atoms with van der Waals surface area (Å²) in [6.45, 7) is 6.74. The normalized spacial score (nSPS) is 14.1. The van der Waals surface area contributed by atoms with Crippen LogP contribution in [0.3, 0.4) is 0 Å². The Morgan fingerprint density at radius 1 is 1.08 bits per heavy atom. The number of carbonyl (C=O) groups excluding carboxylic acids is 1. The highest BCUT2D eigenvalue weighted by atomic mass is 19.1. The van der Waals surface area contributed by atoms with Crippen LogP contribution in [0, 0.1) is 5.82 Å². The Kier molecular flexibility index (Phi) is 9.30. The van der Waals surface area contributed by atoms with E-state index in [9.17, 15) is 9.59 Å². The van der Waals surface area contributed by atoms with Crippen LogP contribution in [-0.2, 0) is 16.1 Å². The number of methoxy groups -OCH3 is 1. The summed E-state index contributed by atoms with van der Waals surface area (Å²) in [5.41, 5.74) is 0.826. The quantitative estimate of drug-likeness (QED) is 0.330. The number of aromatic nitrogens is 1. The number of pyridine rings is 1. The molecule has 1 aliphatic heterocycles. The van der Waals surface area contributed by atoms with Gasteiger partial charge in [-0.05, 0) is 55.6 Å². The minimum atomic E-state index is -0.633. The van der Waals surface area contributed by atoms with Crippen LogP contribution in [-0.4, -0.2) is 61.8 Å². The molecule has 1 fully saturated rings. The summed E-state index contributed by atoms with van der Waals surface area (Å²) >= 11 is 0. The van der Waals surface area contributed by atoms with E-state index in [-0.39, 0.29) is 17.7 Å². The minimum Gasteiger partial charge on any atom is -0.497 e. The van der Waals surface area contributed by atoms with E-state index >= 15 is 4.39 Å². The lowest BCUT2D eigenvalue weighted by Gasteiger charge is -2.26. The van der Waals surface area contributed by atoms with E-state index in [1.165, 1.54) is 12.1 Å². The SMILES string of the molecule is CCCOc1ccc(F)c2c(=O)c(-c3ccc(OC)cc3)cn(CC(=O)CCCCN3CCOCC3)c12. The fourth-order valence-electron chi connectivity index (χ4n) is 4.64. The second kappa shape index (κ2) is 12.8. The number of ether oxygens (including phenoxy) is 3. The highest BCUT2D eigenvalue weighted by Crippen LogP contribution is 2.30. The van der Waals surface area contributed by atoms with Gasteiger partial charge in [0.15, 0.2) is 11.2 Å². The molecule has 198 valence electrons. The monoisotopic (exact) mass is 510 g/mol. The van der Waals surface area contributed by atoms with Crippen molar-refractivity contribution in [3.05, 3.63) is 58.6 Å². The number of halogens is 1. The van der Waals surface area contributed by atoms with Crippen molar-refractivity contribution >= 4 is 16.7 Å². The van der Waals surface area contributed by atoms with Crippen molar-refractivity contribution in [2.24, 2.45) is 0 Å². The average molecular weight is 511 g/mol. The summed E-state index contributed by atoms with van der Waals surface area (Å²) in [5, 5.41) is -0.0676. The van der Waals surface area contributed by atoms with Crippen molar-refractivity contribution in [1.29, 1.82) is 0 Å². The molecule has 0 atom stereocenters. The summed E-state index contributed by atoms with van der Waals surface area (Å²) in [6.07, 6.45) is 4.52. The molecule has 1 aliphatic rings. The Balaban J connectivity index is 1.63. The summed E-state index contributed by atoms with van der Waals surface area (Å²) in [7, 11) is 1.57. The number of fused-ring (bicyclic) bond motifs is 1. The molecule has 37 heavy (non-hydrogen) atoms. The van der Waals surface area contributed by atoms with Gasteiger partial charge < -0.3 is 18.8 Å². The van der Waals surface area contributed by atoms with Crippen LogP contribution >= 0.6 is 0 Å². The van der Waals surface area contributed by atoms with E-state index in [2.05, 4.69) is 4.90 Å². The first kappa shape index (κ1) is 26.8. The molecule has 0 bridgehead atoms. The van der Waals surface area contributed by atoms with Crippen molar-refractivity contribution in [3.63, 3.8) is 0 Å². The van der Waals surface area contributed by atoms with Gasteiger partial charge in [0.2, 0.25) is 0 Å². The molecule has 2 heterocycles. The number of ketones is 1. The van der Waals surface area contributed by atoms with Crippen molar-refractivity contribution in [3.8, 4) is 22.6 Å². The highest BCUT2D eigenvalue weighted by Gasteiger charge is 2.20. The third kappa shape index (κ3) is 6.56. The molecular weight excluding hydrogens is 475 g/mol. The van der Waals surface area contributed by atoms with Crippen molar-refractivity contribution in [1.82, 2.24) is 9.47 Å². The third-order valence-electron chi connectivity index (χ3n) is 6.63. The van der Waals surface area contributed by atoms with Gasteiger partial charge in [-0.2, -0.15) is 0 Å². The number of Topliss-reactive ketones (excluding diaryl/α,β-unsaturated/α-hetero) is 1. The molecule has 0 aliphatic carbocycles. The smallest absolute Gasteiger partial charge is 0.200 e. The Morgan fingerprint density at radius 3 is 2.54 bits per heavy atom. The summed E-state index contributed by atoms with van der Waals surface area (Å²) in [5.74, 6) is 0.444. The van der Waals surface area contributed by atoms with Gasteiger partial charge in [0.05, 0.1) is 44.4 Å². The maximum Gasteiger partial charge on any atom is 0.200 e. The molecule has 0 unspecified atom stereocenters. The molecule has 4 rings (SSSR count). The second-order valence-electron chi connectivity index (χ2n) is 9.30. The summed E-state index contributed by atoms with van der Waals surface area (Å²) in [6, 6.07) is 9.80. The zero-order valence-corrected chi connectivity index (χ0v) is 21.6. The van der Waals surface area contributed by atoms with Crippen molar-refractivity contribution in [2.75, 3.05) is 46.6 Å². The van der Waals surface area contributed by atoms with Crippen LogP contribution in [0.5, 0.6) is 11.5 Å². The maximum absolute atomic E-state index is 15.1. The van der Waals surface area contributed by atoms with E-state index in [1.807, 2.05) is 6.92 Å². The number of benzene rings is 2. The number of hydrogen-bond donors (Lipinski definition) is 0. The molecule has 0 radical (unpaired) electrons. The van der Waals surface area contributed by atoms with Gasteiger partial charge in [-0.25, -0.2) is 4.39 Å². The first-order chi connectivity index (χ1) is 18.0. The average Bonchev–Trinajstić information content (AvgIpc) is 2.92. The van der Waals surface area contributed by atoms with E-state index in [4.69, 9.17) is 14.2 Å². The lowest BCUT2D eigenvalue weighted by atomic mass is 10.0. The third-order valence-corrected chi connectivity index (χ3v) is 6.63. The van der Waals surface area contributed by atoms with Gasteiger partial charge in [-0.1, -0.05) is 19.1 Å². The summed E-state index contributed by atoms with van der Waals surface area (Å²) < 4.78 is 33.3. The number of unbranched alkanes of at least 4 members (excludes halogenated alkanes) is 1. The largest absolute Gasteiger partial charge is 0.497 e. The number of hydrogen-bond acceptors (Lipinski definition) is 6. The standard InChI is InChI=1S/C29H35FN2O5/c1-3-16-37-26-12-11-25(30)27-28(26)32(19-22(33)6-4-5-13-31-14-17-36-18-15-31)20-24(29(27)34)21-7-9-23(35-2)10-8-21/h7-12,20H,3-6,13-19H2,1-2H3. The van der Waals surface area contributed by atoms with E-state index < -0.39 is 11.2 Å². The topological polar surface area (TPSA) is 70.0 Å². The number of carbonyl (C=O) groups is 1. The second-order valence-corrected chi connectivity index (χ2v) is 9.30. The zero-order valence-electron chi connectivity index (χ0n) is 21.6. The number of rotatable bonds is 12. The van der Waals surface area contributed by atoms with E-state index in [1.54, 1.807) is 42.1 Å². The van der Waals surface area contributed by atoms with Crippen LogP contribution in [0.2, 0.25) is 0 Å². The fourth-order valence-corrected chi connectivity index (χ4v) is 4.64. The Labute approximate surface area is 216 Å².